The normalized spacial score (nSPS) is 15.0. The van der Waals surface area contributed by atoms with Crippen LogP contribution in [0.5, 0.6) is 0 Å². The van der Waals surface area contributed by atoms with E-state index < -0.39 is 0 Å². The van der Waals surface area contributed by atoms with E-state index in [1.54, 1.807) is 0 Å². The van der Waals surface area contributed by atoms with E-state index in [4.69, 9.17) is 16.3 Å². The Hall–Kier alpha value is -0.0900. The molecule has 1 fully saturated rings. The summed E-state index contributed by atoms with van der Waals surface area (Å²) in [6.07, 6.45) is 3.79. The van der Waals surface area contributed by atoms with Crippen LogP contribution in [-0.4, -0.2) is 19.8 Å². The van der Waals surface area contributed by atoms with Crippen LogP contribution in [0, 0.1) is 5.92 Å². The molecule has 100 valence electrons. The molecule has 4 heteroatoms. The van der Waals surface area contributed by atoms with E-state index in [1.165, 1.54) is 18.4 Å². The minimum atomic E-state index is 0.766. The van der Waals surface area contributed by atoms with Crippen LogP contribution in [0.15, 0.2) is 22.7 Å². The highest BCUT2D eigenvalue weighted by Gasteiger charge is 2.20. The highest BCUT2D eigenvalue weighted by molar-refractivity contribution is 9.10. The molecule has 2 nitrogen and oxygen atoms in total. The number of rotatable bonds is 8. The number of halogens is 2. The van der Waals surface area contributed by atoms with Gasteiger partial charge < -0.3 is 10.1 Å². The monoisotopic (exact) mass is 331 g/mol. The van der Waals surface area contributed by atoms with Gasteiger partial charge in [-0.1, -0.05) is 17.7 Å². The molecule has 0 aliphatic heterocycles. The summed E-state index contributed by atoms with van der Waals surface area (Å²) in [5.74, 6) is 0.864. The summed E-state index contributed by atoms with van der Waals surface area (Å²) >= 11 is 9.42. The SMILES string of the molecule is Clc1cc(CNCCCOCC2CC2)ccc1Br. The first-order valence-corrected chi connectivity index (χ1v) is 7.65. The minimum absolute atomic E-state index is 0.766. The van der Waals surface area contributed by atoms with Gasteiger partial charge in [-0.05, 0) is 65.4 Å². The van der Waals surface area contributed by atoms with Crippen molar-refractivity contribution in [3.63, 3.8) is 0 Å². The molecule has 18 heavy (non-hydrogen) atoms. The lowest BCUT2D eigenvalue weighted by Gasteiger charge is -2.06. The summed E-state index contributed by atoms with van der Waals surface area (Å²) in [4.78, 5) is 0. The lowest BCUT2D eigenvalue weighted by molar-refractivity contribution is 0.122. The zero-order chi connectivity index (χ0) is 12.8. The van der Waals surface area contributed by atoms with Crippen molar-refractivity contribution in [2.24, 2.45) is 5.92 Å². The fourth-order valence-corrected chi connectivity index (χ4v) is 2.17. The van der Waals surface area contributed by atoms with E-state index in [9.17, 15) is 0 Å². The molecular weight excluding hydrogens is 314 g/mol. The van der Waals surface area contributed by atoms with Crippen LogP contribution in [0.2, 0.25) is 5.02 Å². The van der Waals surface area contributed by atoms with Crippen LogP contribution in [-0.2, 0) is 11.3 Å². The van der Waals surface area contributed by atoms with E-state index in [0.717, 1.165) is 48.1 Å². The third-order valence-electron chi connectivity index (χ3n) is 3.01. The molecule has 0 saturated heterocycles. The van der Waals surface area contributed by atoms with Gasteiger partial charge in [0.2, 0.25) is 0 Å². The zero-order valence-electron chi connectivity index (χ0n) is 10.4. The average Bonchev–Trinajstić information content (AvgIpc) is 3.16. The largest absolute Gasteiger partial charge is 0.381 e. The smallest absolute Gasteiger partial charge is 0.0551 e. The average molecular weight is 333 g/mol. The van der Waals surface area contributed by atoms with Gasteiger partial charge >= 0.3 is 0 Å². The van der Waals surface area contributed by atoms with Gasteiger partial charge in [0.15, 0.2) is 0 Å². The van der Waals surface area contributed by atoms with Gasteiger partial charge in [0.25, 0.3) is 0 Å². The summed E-state index contributed by atoms with van der Waals surface area (Å²) < 4.78 is 6.52. The molecule has 0 heterocycles. The predicted octanol–water partition coefficient (Wildman–Crippen LogP) is 4.01. The summed E-state index contributed by atoms with van der Waals surface area (Å²) in [7, 11) is 0. The fourth-order valence-electron chi connectivity index (χ4n) is 1.72. The summed E-state index contributed by atoms with van der Waals surface area (Å²) in [6, 6.07) is 6.05. The molecule has 2 rings (SSSR count). The Morgan fingerprint density at radius 2 is 2.22 bits per heavy atom. The fraction of sp³-hybridized carbons (Fsp3) is 0.571. The van der Waals surface area contributed by atoms with Crippen molar-refractivity contribution in [2.75, 3.05) is 19.8 Å². The quantitative estimate of drug-likeness (QED) is 0.726. The van der Waals surface area contributed by atoms with Gasteiger partial charge in [-0.3, -0.25) is 0 Å². The molecule has 1 N–H and O–H groups in total. The minimum Gasteiger partial charge on any atom is -0.381 e. The maximum absolute atomic E-state index is 6.04. The highest BCUT2D eigenvalue weighted by Crippen LogP contribution is 2.28. The molecule has 0 radical (unpaired) electrons. The summed E-state index contributed by atoms with van der Waals surface area (Å²) in [5.41, 5.74) is 1.21. The van der Waals surface area contributed by atoms with Gasteiger partial charge in [-0.2, -0.15) is 0 Å². The molecule has 1 saturated carbocycles. The molecule has 0 spiro atoms. The zero-order valence-corrected chi connectivity index (χ0v) is 12.8. The van der Waals surface area contributed by atoms with Crippen molar-refractivity contribution in [1.29, 1.82) is 0 Å². The lowest BCUT2D eigenvalue weighted by atomic mass is 10.2. The lowest BCUT2D eigenvalue weighted by Crippen LogP contribution is -2.16. The summed E-state index contributed by atoms with van der Waals surface area (Å²) in [5, 5.41) is 4.16. The Labute approximate surface area is 122 Å². The Bertz CT molecular complexity index is 382. The van der Waals surface area contributed by atoms with Crippen molar-refractivity contribution >= 4 is 27.5 Å². The Balaban J connectivity index is 1.52. The highest BCUT2D eigenvalue weighted by atomic mass is 79.9. The summed E-state index contributed by atoms with van der Waals surface area (Å²) in [6.45, 7) is 3.67. The standard InChI is InChI=1S/C14H19BrClNO/c15-13-5-4-12(8-14(13)16)9-17-6-1-7-18-10-11-2-3-11/h4-5,8,11,17H,1-3,6-7,9-10H2. The molecule has 1 aromatic carbocycles. The molecule has 0 unspecified atom stereocenters. The molecule has 0 amide bonds. The number of benzene rings is 1. The van der Waals surface area contributed by atoms with Crippen LogP contribution >= 0.6 is 27.5 Å². The van der Waals surface area contributed by atoms with Crippen LogP contribution in [0.25, 0.3) is 0 Å². The topological polar surface area (TPSA) is 21.3 Å². The second kappa shape index (κ2) is 7.49. The number of hydrogen-bond acceptors (Lipinski definition) is 2. The third kappa shape index (κ3) is 5.27. The first kappa shape index (κ1) is 14.3. The van der Waals surface area contributed by atoms with Crippen molar-refractivity contribution in [2.45, 2.75) is 25.8 Å². The molecule has 0 bridgehead atoms. The third-order valence-corrected chi connectivity index (χ3v) is 4.24. The van der Waals surface area contributed by atoms with Crippen LogP contribution in [0.1, 0.15) is 24.8 Å². The van der Waals surface area contributed by atoms with Gasteiger partial charge in [0.1, 0.15) is 0 Å². The number of ether oxygens (including phenoxy) is 1. The van der Waals surface area contributed by atoms with E-state index in [2.05, 4.69) is 27.3 Å². The van der Waals surface area contributed by atoms with Crippen molar-refractivity contribution in [3.8, 4) is 0 Å². The molecule has 0 atom stereocenters. The molecule has 1 aliphatic carbocycles. The predicted molar refractivity (Wildman–Crippen MR) is 79.0 cm³/mol. The number of hydrogen-bond donors (Lipinski definition) is 1. The van der Waals surface area contributed by atoms with Crippen molar-refractivity contribution in [3.05, 3.63) is 33.3 Å². The molecular formula is C14H19BrClNO. The number of nitrogens with one attached hydrogen (secondary N) is 1. The second-order valence-corrected chi connectivity index (χ2v) is 6.06. The second-order valence-electron chi connectivity index (χ2n) is 4.80. The maximum Gasteiger partial charge on any atom is 0.0551 e. The van der Waals surface area contributed by atoms with Gasteiger partial charge in [-0.15, -0.1) is 0 Å². The van der Waals surface area contributed by atoms with Gasteiger partial charge in [0.05, 0.1) is 5.02 Å². The Morgan fingerprint density at radius 3 is 2.94 bits per heavy atom. The molecule has 1 aromatic rings. The van der Waals surface area contributed by atoms with E-state index in [1.807, 2.05) is 12.1 Å². The first-order chi connectivity index (χ1) is 8.75. The van der Waals surface area contributed by atoms with Crippen LogP contribution < -0.4 is 5.32 Å². The molecule has 1 aliphatic rings. The van der Waals surface area contributed by atoms with E-state index in [-0.39, 0.29) is 0 Å². The van der Waals surface area contributed by atoms with E-state index >= 15 is 0 Å². The van der Waals surface area contributed by atoms with Crippen molar-refractivity contribution < 1.29 is 4.74 Å². The van der Waals surface area contributed by atoms with Gasteiger partial charge in [0, 0.05) is 24.2 Å². The Kier molecular flexibility index (Phi) is 5.96. The first-order valence-electron chi connectivity index (χ1n) is 6.48. The maximum atomic E-state index is 6.04. The molecule has 0 aromatic heterocycles. The van der Waals surface area contributed by atoms with Gasteiger partial charge in [-0.25, -0.2) is 0 Å². The van der Waals surface area contributed by atoms with E-state index in [0.29, 0.717) is 0 Å². The van der Waals surface area contributed by atoms with Crippen molar-refractivity contribution in [1.82, 2.24) is 5.32 Å². The van der Waals surface area contributed by atoms with Crippen LogP contribution in [0.3, 0.4) is 0 Å². The Morgan fingerprint density at radius 1 is 1.39 bits per heavy atom. The van der Waals surface area contributed by atoms with Crippen LogP contribution in [0.4, 0.5) is 0 Å².